The monoisotopic (exact) mass is 231 g/mol. The average molecular weight is 232 g/mol. The number of hydrogen-bond acceptors (Lipinski definition) is 2. The molecule has 2 nitrogen and oxygen atoms in total. The highest BCUT2D eigenvalue weighted by atomic mass is 35.5. The summed E-state index contributed by atoms with van der Waals surface area (Å²) in [4.78, 5) is 0. The highest BCUT2D eigenvalue weighted by Crippen LogP contribution is 2.34. The van der Waals surface area contributed by atoms with Gasteiger partial charge in [-0.3, -0.25) is 0 Å². The third-order valence-corrected chi connectivity index (χ3v) is 4.30. The SMILES string of the molecule is CC1CCCC(CCl)(NC2CCOC2)C1. The van der Waals surface area contributed by atoms with Crippen LogP contribution in [-0.2, 0) is 4.74 Å². The number of nitrogens with one attached hydrogen (secondary N) is 1. The summed E-state index contributed by atoms with van der Waals surface area (Å²) in [5.74, 6) is 1.56. The van der Waals surface area contributed by atoms with E-state index in [1.54, 1.807) is 0 Å². The summed E-state index contributed by atoms with van der Waals surface area (Å²) < 4.78 is 5.41. The summed E-state index contributed by atoms with van der Waals surface area (Å²) >= 11 is 6.18. The van der Waals surface area contributed by atoms with E-state index in [-0.39, 0.29) is 5.54 Å². The Hall–Kier alpha value is 0.210. The summed E-state index contributed by atoms with van der Waals surface area (Å²) in [5, 5.41) is 3.75. The van der Waals surface area contributed by atoms with Crippen molar-refractivity contribution in [3.63, 3.8) is 0 Å². The van der Waals surface area contributed by atoms with Crippen molar-refractivity contribution in [2.24, 2.45) is 5.92 Å². The standard InChI is InChI=1S/C12H22ClNO/c1-10-3-2-5-12(7-10,9-13)14-11-4-6-15-8-11/h10-11,14H,2-9H2,1H3. The minimum absolute atomic E-state index is 0.192. The predicted molar refractivity (Wildman–Crippen MR) is 63.4 cm³/mol. The molecule has 1 saturated heterocycles. The molecule has 88 valence electrons. The highest BCUT2D eigenvalue weighted by molar-refractivity contribution is 6.18. The van der Waals surface area contributed by atoms with Crippen LogP contribution in [0.3, 0.4) is 0 Å². The van der Waals surface area contributed by atoms with E-state index in [4.69, 9.17) is 16.3 Å². The molecule has 1 heterocycles. The molecule has 1 saturated carbocycles. The van der Waals surface area contributed by atoms with Gasteiger partial charge in [0.15, 0.2) is 0 Å². The van der Waals surface area contributed by atoms with Gasteiger partial charge in [-0.05, 0) is 25.2 Å². The number of rotatable bonds is 3. The topological polar surface area (TPSA) is 21.3 Å². The van der Waals surface area contributed by atoms with Gasteiger partial charge in [-0.2, -0.15) is 0 Å². The van der Waals surface area contributed by atoms with Crippen molar-refractivity contribution in [1.82, 2.24) is 5.32 Å². The molecular weight excluding hydrogens is 210 g/mol. The van der Waals surface area contributed by atoms with Gasteiger partial charge in [-0.25, -0.2) is 0 Å². The Morgan fingerprint density at radius 2 is 2.33 bits per heavy atom. The second kappa shape index (κ2) is 5.03. The van der Waals surface area contributed by atoms with Crippen LogP contribution in [0.5, 0.6) is 0 Å². The summed E-state index contributed by atoms with van der Waals surface area (Å²) in [6, 6.07) is 0.536. The molecule has 2 aliphatic rings. The fourth-order valence-electron chi connectivity index (χ4n) is 3.03. The van der Waals surface area contributed by atoms with Crippen molar-refractivity contribution in [2.75, 3.05) is 19.1 Å². The molecule has 2 rings (SSSR count). The molecule has 3 unspecified atom stereocenters. The van der Waals surface area contributed by atoms with E-state index in [0.29, 0.717) is 6.04 Å². The average Bonchev–Trinajstić information content (AvgIpc) is 2.70. The molecule has 0 spiro atoms. The van der Waals surface area contributed by atoms with E-state index in [1.807, 2.05) is 0 Å². The predicted octanol–water partition coefficient (Wildman–Crippen LogP) is 2.55. The van der Waals surface area contributed by atoms with Crippen LogP contribution in [-0.4, -0.2) is 30.7 Å². The smallest absolute Gasteiger partial charge is 0.0620 e. The van der Waals surface area contributed by atoms with Gasteiger partial charge in [-0.15, -0.1) is 11.6 Å². The Labute approximate surface area is 97.7 Å². The normalized spacial score (nSPS) is 42.0. The van der Waals surface area contributed by atoms with Crippen LogP contribution < -0.4 is 5.32 Å². The Kier molecular flexibility index (Phi) is 3.92. The fraction of sp³-hybridized carbons (Fsp3) is 1.00. The molecule has 1 aliphatic heterocycles. The summed E-state index contributed by atoms with van der Waals surface area (Å²) in [6.07, 6.45) is 6.29. The maximum absolute atomic E-state index is 6.18. The van der Waals surface area contributed by atoms with Gasteiger partial charge in [0.1, 0.15) is 0 Å². The maximum Gasteiger partial charge on any atom is 0.0620 e. The lowest BCUT2D eigenvalue weighted by molar-refractivity contribution is 0.160. The van der Waals surface area contributed by atoms with Crippen molar-refractivity contribution in [3.8, 4) is 0 Å². The van der Waals surface area contributed by atoms with Crippen LogP contribution >= 0.6 is 11.6 Å². The van der Waals surface area contributed by atoms with E-state index >= 15 is 0 Å². The van der Waals surface area contributed by atoms with Crippen LogP contribution in [0.15, 0.2) is 0 Å². The first-order chi connectivity index (χ1) is 7.24. The van der Waals surface area contributed by atoms with Crippen LogP contribution in [0, 0.1) is 5.92 Å². The Morgan fingerprint density at radius 1 is 1.47 bits per heavy atom. The van der Waals surface area contributed by atoms with Gasteiger partial charge in [0.25, 0.3) is 0 Å². The first kappa shape index (κ1) is 11.7. The molecule has 0 radical (unpaired) electrons. The fourth-order valence-corrected chi connectivity index (χ4v) is 3.35. The molecule has 0 aromatic rings. The third-order valence-electron chi connectivity index (χ3n) is 3.79. The van der Waals surface area contributed by atoms with E-state index in [9.17, 15) is 0 Å². The van der Waals surface area contributed by atoms with Gasteiger partial charge in [0.2, 0.25) is 0 Å². The molecule has 15 heavy (non-hydrogen) atoms. The number of halogens is 1. The first-order valence-corrected chi connectivity index (χ1v) is 6.69. The zero-order valence-electron chi connectivity index (χ0n) is 9.60. The van der Waals surface area contributed by atoms with Gasteiger partial charge >= 0.3 is 0 Å². The summed E-state index contributed by atoms with van der Waals surface area (Å²) in [5.41, 5.74) is 0.192. The van der Waals surface area contributed by atoms with Crippen molar-refractivity contribution >= 4 is 11.6 Å². The molecule has 1 N–H and O–H groups in total. The van der Waals surface area contributed by atoms with Crippen LogP contribution in [0.25, 0.3) is 0 Å². The number of ether oxygens (including phenoxy) is 1. The zero-order valence-corrected chi connectivity index (χ0v) is 10.4. The molecule has 0 amide bonds. The Morgan fingerprint density at radius 3 is 2.93 bits per heavy atom. The zero-order chi connectivity index (χ0) is 10.7. The molecule has 3 heteroatoms. The molecule has 0 aromatic carbocycles. The second-order valence-corrected chi connectivity index (χ2v) is 5.59. The van der Waals surface area contributed by atoms with Gasteiger partial charge in [-0.1, -0.05) is 19.8 Å². The molecule has 0 aromatic heterocycles. The maximum atomic E-state index is 6.18. The van der Waals surface area contributed by atoms with Crippen molar-refractivity contribution in [3.05, 3.63) is 0 Å². The highest BCUT2D eigenvalue weighted by Gasteiger charge is 2.36. The first-order valence-electron chi connectivity index (χ1n) is 6.15. The minimum Gasteiger partial charge on any atom is -0.380 e. The van der Waals surface area contributed by atoms with Crippen molar-refractivity contribution in [1.29, 1.82) is 0 Å². The van der Waals surface area contributed by atoms with Gasteiger partial charge in [0.05, 0.1) is 6.61 Å². The Balaban J connectivity index is 1.93. The van der Waals surface area contributed by atoms with Gasteiger partial charge in [0, 0.05) is 24.1 Å². The number of hydrogen-bond donors (Lipinski definition) is 1. The summed E-state index contributed by atoms with van der Waals surface area (Å²) in [7, 11) is 0. The lowest BCUT2D eigenvalue weighted by Crippen LogP contribution is -2.54. The van der Waals surface area contributed by atoms with E-state index < -0.39 is 0 Å². The molecular formula is C12H22ClNO. The van der Waals surface area contributed by atoms with Crippen molar-refractivity contribution in [2.45, 2.75) is 50.6 Å². The molecule has 3 atom stereocenters. The quantitative estimate of drug-likeness (QED) is 0.754. The largest absolute Gasteiger partial charge is 0.380 e. The van der Waals surface area contributed by atoms with Crippen molar-refractivity contribution < 1.29 is 4.74 Å². The second-order valence-electron chi connectivity index (χ2n) is 5.32. The van der Waals surface area contributed by atoms with E-state index in [1.165, 1.54) is 25.7 Å². The Bertz CT molecular complexity index is 206. The third kappa shape index (κ3) is 2.86. The lowest BCUT2D eigenvalue weighted by atomic mass is 9.77. The molecule has 1 aliphatic carbocycles. The van der Waals surface area contributed by atoms with E-state index in [0.717, 1.165) is 31.4 Å². The van der Waals surface area contributed by atoms with E-state index in [2.05, 4.69) is 12.2 Å². The van der Waals surface area contributed by atoms with Crippen LogP contribution in [0.1, 0.15) is 39.0 Å². The lowest BCUT2D eigenvalue weighted by Gasteiger charge is -2.41. The summed E-state index contributed by atoms with van der Waals surface area (Å²) in [6.45, 7) is 4.12. The molecule has 0 bridgehead atoms. The van der Waals surface area contributed by atoms with Crippen LogP contribution in [0.4, 0.5) is 0 Å². The van der Waals surface area contributed by atoms with Crippen LogP contribution in [0.2, 0.25) is 0 Å². The minimum atomic E-state index is 0.192. The molecule has 2 fully saturated rings. The van der Waals surface area contributed by atoms with Gasteiger partial charge < -0.3 is 10.1 Å². The number of alkyl halides is 1.